The summed E-state index contributed by atoms with van der Waals surface area (Å²) in [6, 6.07) is 0.411. The van der Waals surface area contributed by atoms with E-state index in [9.17, 15) is 13.2 Å². The predicted octanol–water partition coefficient (Wildman–Crippen LogP) is 2.99. The van der Waals surface area contributed by atoms with E-state index >= 15 is 0 Å². The molecule has 0 aromatic carbocycles. The van der Waals surface area contributed by atoms with Gasteiger partial charge in [-0.25, -0.2) is 4.98 Å². The first-order chi connectivity index (χ1) is 12.3. The van der Waals surface area contributed by atoms with E-state index in [0.29, 0.717) is 30.0 Å². The minimum Gasteiger partial charge on any atom is -0.356 e. The number of nitrogens with zero attached hydrogens (tertiary/aromatic N) is 3. The number of guanidine groups is 1. The molecule has 26 heavy (non-hydrogen) atoms. The van der Waals surface area contributed by atoms with E-state index < -0.39 is 11.9 Å². The molecular weight excluding hydrogens is 363 g/mol. The number of alkyl halides is 3. The molecule has 2 rings (SSSR count). The molecule has 0 radical (unpaired) electrons. The Hall–Kier alpha value is -1.35. The van der Waals surface area contributed by atoms with E-state index in [-0.39, 0.29) is 0 Å². The fourth-order valence-corrected chi connectivity index (χ4v) is 3.71. The van der Waals surface area contributed by atoms with Crippen molar-refractivity contribution in [2.24, 2.45) is 10.9 Å². The van der Waals surface area contributed by atoms with Crippen molar-refractivity contribution in [3.63, 3.8) is 0 Å². The van der Waals surface area contributed by atoms with Gasteiger partial charge in [-0.1, -0.05) is 6.92 Å². The van der Waals surface area contributed by atoms with Crippen LogP contribution < -0.4 is 10.6 Å². The van der Waals surface area contributed by atoms with Gasteiger partial charge in [0.25, 0.3) is 0 Å². The molecule has 2 N–H and O–H groups in total. The summed E-state index contributed by atoms with van der Waals surface area (Å²) in [7, 11) is 1.69. The normalized spacial score (nSPS) is 18.8. The Labute approximate surface area is 157 Å². The lowest BCUT2D eigenvalue weighted by Gasteiger charge is -2.35. The van der Waals surface area contributed by atoms with Gasteiger partial charge >= 0.3 is 6.18 Å². The van der Waals surface area contributed by atoms with Crippen LogP contribution in [-0.4, -0.2) is 55.1 Å². The molecule has 1 saturated heterocycles. The highest BCUT2D eigenvalue weighted by atomic mass is 32.1. The number of likely N-dealkylation sites (tertiary alicyclic amines) is 1. The number of hydrogen-bond acceptors (Lipinski definition) is 4. The molecule has 0 spiro atoms. The van der Waals surface area contributed by atoms with Gasteiger partial charge in [0.1, 0.15) is 0 Å². The Morgan fingerprint density at radius 1 is 1.38 bits per heavy atom. The monoisotopic (exact) mass is 391 g/mol. The fourth-order valence-electron chi connectivity index (χ4n) is 2.91. The zero-order valence-corrected chi connectivity index (χ0v) is 16.4. The molecular formula is C17H28F3N5S. The number of hydrogen-bond donors (Lipinski definition) is 2. The predicted molar refractivity (Wildman–Crippen MR) is 99.6 cm³/mol. The maximum absolute atomic E-state index is 12.6. The lowest BCUT2D eigenvalue weighted by Crippen LogP contribution is -2.48. The SMILES string of the molecule is CN=C(NCCc1nc(C(F)(F)F)cs1)NCC(C)N1CCC(C)CC1. The summed E-state index contributed by atoms with van der Waals surface area (Å²) in [5, 5.41) is 7.96. The molecule has 148 valence electrons. The molecule has 1 aliphatic heterocycles. The number of aromatic nitrogens is 1. The Bertz CT molecular complexity index is 579. The summed E-state index contributed by atoms with van der Waals surface area (Å²) >= 11 is 1.03. The molecule has 0 aliphatic carbocycles. The van der Waals surface area contributed by atoms with Crippen molar-refractivity contribution < 1.29 is 13.2 Å². The maximum Gasteiger partial charge on any atom is 0.434 e. The summed E-state index contributed by atoms with van der Waals surface area (Å²) in [5.74, 6) is 1.47. The number of thiazole rings is 1. The molecule has 0 saturated carbocycles. The van der Waals surface area contributed by atoms with Gasteiger partial charge in [0, 0.05) is 38.0 Å². The summed E-state index contributed by atoms with van der Waals surface area (Å²) in [4.78, 5) is 10.3. The highest BCUT2D eigenvalue weighted by molar-refractivity contribution is 7.09. The smallest absolute Gasteiger partial charge is 0.356 e. The first kappa shape index (κ1) is 21.0. The van der Waals surface area contributed by atoms with E-state index in [1.165, 1.54) is 12.8 Å². The Morgan fingerprint density at radius 2 is 2.08 bits per heavy atom. The second-order valence-electron chi connectivity index (χ2n) is 6.82. The van der Waals surface area contributed by atoms with E-state index in [0.717, 1.165) is 42.3 Å². The largest absolute Gasteiger partial charge is 0.434 e. The first-order valence-corrected chi connectivity index (χ1v) is 9.87. The van der Waals surface area contributed by atoms with Crippen molar-refractivity contribution in [1.29, 1.82) is 0 Å². The maximum atomic E-state index is 12.6. The Morgan fingerprint density at radius 3 is 2.65 bits per heavy atom. The zero-order chi connectivity index (χ0) is 19.2. The second kappa shape index (κ2) is 9.55. The van der Waals surface area contributed by atoms with Crippen molar-refractivity contribution in [2.75, 3.05) is 33.2 Å². The van der Waals surface area contributed by atoms with Crippen LogP contribution in [0.1, 0.15) is 37.4 Å². The van der Waals surface area contributed by atoms with Crippen LogP contribution in [-0.2, 0) is 12.6 Å². The Kier molecular flexibility index (Phi) is 7.69. The van der Waals surface area contributed by atoms with Gasteiger partial charge in [-0.2, -0.15) is 13.2 Å². The van der Waals surface area contributed by atoms with Crippen LogP contribution in [0.4, 0.5) is 13.2 Å². The fraction of sp³-hybridized carbons (Fsp3) is 0.765. The molecule has 0 amide bonds. The summed E-state index contributed by atoms with van der Waals surface area (Å²) in [5.41, 5.74) is -0.815. The lowest BCUT2D eigenvalue weighted by molar-refractivity contribution is -0.140. The lowest BCUT2D eigenvalue weighted by atomic mass is 9.98. The number of halogens is 3. The van der Waals surface area contributed by atoms with Crippen LogP contribution in [0.5, 0.6) is 0 Å². The average Bonchev–Trinajstić information content (AvgIpc) is 3.07. The molecule has 1 atom stereocenters. The minimum absolute atomic E-state index is 0.411. The minimum atomic E-state index is -4.37. The highest BCUT2D eigenvalue weighted by Gasteiger charge is 2.33. The van der Waals surface area contributed by atoms with Gasteiger partial charge in [0.2, 0.25) is 0 Å². The van der Waals surface area contributed by atoms with Crippen molar-refractivity contribution in [3.8, 4) is 0 Å². The van der Waals surface area contributed by atoms with Gasteiger partial charge in [0.15, 0.2) is 11.7 Å². The van der Waals surface area contributed by atoms with E-state index in [2.05, 4.69) is 39.4 Å². The van der Waals surface area contributed by atoms with Gasteiger partial charge in [-0.15, -0.1) is 11.3 Å². The van der Waals surface area contributed by atoms with Crippen LogP contribution in [0.2, 0.25) is 0 Å². The van der Waals surface area contributed by atoms with Crippen molar-refractivity contribution in [2.45, 2.75) is 45.3 Å². The van der Waals surface area contributed by atoms with Crippen LogP contribution in [0.15, 0.2) is 10.4 Å². The van der Waals surface area contributed by atoms with Crippen molar-refractivity contribution >= 4 is 17.3 Å². The summed E-state index contributed by atoms with van der Waals surface area (Å²) in [6.45, 7) is 8.02. The van der Waals surface area contributed by atoms with Crippen molar-refractivity contribution in [1.82, 2.24) is 20.5 Å². The van der Waals surface area contributed by atoms with Gasteiger partial charge < -0.3 is 10.6 Å². The third kappa shape index (κ3) is 6.42. The molecule has 0 bridgehead atoms. The first-order valence-electron chi connectivity index (χ1n) is 8.99. The van der Waals surface area contributed by atoms with E-state index in [4.69, 9.17) is 0 Å². The molecule has 1 aromatic heterocycles. The standard InChI is InChI=1S/C17H28F3N5S/c1-12-5-8-25(9-6-12)13(2)10-23-16(21-3)22-7-4-15-24-14(11-26-15)17(18,19)20/h11-13H,4-10H2,1-3H3,(H2,21,22,23). The Balaban J connectivity index is 1.70. The van der Waals surface area contributed by atoms with Crippen LogP contribution in [0, 0.1) is 5.92 Å². The van der Waals surface area contributed by atoms with Crippen LogP contribution in [0.25, 0.3) is 0 Å². The van der Waals surface area contributed by atoms with Gasteiger partial charge in [-0.3, -0.25) is 9.89 Å². The third-order valence-corrected chi connectivity index (χ3v) is 5.61. The molecule has 1 aliphatic rings. The molecule has 1 unspecified atom stereocenters. The molecule has 1 fully saturated rings. The molecule has 9 heteroatoms. The van der Waals surface area contributed by atoms with Crippen molar-refractivity contribution in [3.05, 3.63) is 16.1 Å². The van der Waals surface area contributed by atoms with E-state index in [1.807, 2.05) is 0 Å². The topological polar surface area (TPSA) is 52.6 Å². The molecule has 5 nitrogen and oxygen atoms in total. The van der Waals surface area contributed by atoms with Gasteiger partial charge in [-0.05, 0) is 38.8 Å². The van der Waals surface area contributed by atoms with Gasteiger partial charge in [0.05, 0.1) is 5.01 Å². The van der Waals surface area contributed by atoms with E-state index in [1.54, 1.807) is 7.05 Å². The quantitative estimate of drug-likeness (QED) is 0.578. The second-order valence-corrected chi connectivity index (χ2v) is 7.76. The number of aliphatic imine (C=N–C) groups is 1. The zero-order valence-electron chi connectivity index (χ0n) is 15.6. The number of piperidine rings is 1. The summed E-state index contributed by atoms with van der Waals surface area (Å²) < 4.78 is 37.7. The van der Waals surface area contributed by atoms with Crippen LogP contribution >= 0.6 is 11.3 Å². The molecule has 1 aromatic rings. The van der Waals surface area contributed by atoms with Crippen LogP contribution in [0.3, 0.4) is 0 Å². The average molecular weight is 392 g/mol. The molecule has 2 heterocycles. The number of nitrogens with one attached hydrogen (secondary N) is 2. The highest BCUT2D eigenvalue weighted by Crippen LogP contribution is 2.30. The summed E-state index contributed by atoms with van der Waals surface area (Å²) in [6.07, 6.45) is -1.46. The third-order valence-electron chi connectivity index (χ3n) is 4.70. The number of rotatable bonds is 6.